The van der Waals surface area contributed by atoms with E-state index in [0.29, 0.717) is 16.5 Å². The van der Waals surface area contributed by atoms with Crippen LogP contribution in [-0.4, -0.2) is 28.9 Å². The number of furan rings is 1. The zero-order valence-electron chi connectivity index (χ0n) is 12.4. The molecule has 3 N–H and O–H groups in total. The SMILES string of the molecule is NCc1cc(C(=O)Nc2nc(CN3CCCCC3)cs2)co1. The van der Waals surface area contributed by atoms with Gasteiger partial charge in [0.05, 0.1) is 17.8 Å². The van der Waals surface area contributed by atoms with Crippen molar-refractivity contribution in [1.82, 2.24) is 9.88 Å². The van der Waals surface area contributed by atoms with Gasteiger partial charge < -0.3 is 10.2 Å². The Morgan fingerprint density at radius 2 is 2.23 bits per heavy atom. The van der Waals surface area contributed by atoms with Crippen LogP contribution in [0.2, 0.25) is 0 Å². The quantitative estimate of drug-likeness (QED) is 0.884. The molecule has 22 heavy (non-hydrogen) atoms. The Bertz CT molecular complexity index is 631. The third-order valence-electron chi connectivity index (χ3n) is 3.72. The van der Waals surface area contributed by atoms with E-state index in [4.69, 9.17) is 10.2 Å². The number of hydrogen-bond acceptors (Lipinski definition) is 6. The van der Waals surface area contributed by atoms with Crippen molar-refractivity contribution in [3.63, 3.8) is 0 Å². The number of thiazole rings is 1. The van der Waals surface area contributed by atoms with Gasteiger partial charge in [0.25, 0.3) is 5.91 Å². The molecule has 3 heterocycles. The molecular weight excluding hydrogens is 300 g/mol. The van der Waals surface area contributed by atoms with E-state index >= 15 is 0 Å². The van der Waals surface area contributed by atoms with E-state index in [1.54, 1.807) is 6.07 Å². The zero-order valence-corrected chi connectivity index (χ0v) is 13.2. The van der Waals surface area contributed by atoms with Gasteiger partial charge in [-0.25, -0.2) is 4.98 Å². The van der Waals surface area contributed by atoms with E-state index in [1.807, 2.05) is 5.38 Å². The number of carbonyl (C=O) groups excluding carboxylic acids is 1. The predicted octanol–water partition coefficient (Wildman–Crippen LogP) is 2.43. The zero-order chi connectivity index (χ0) is 15.4. The van der Waals surface area contributed by atoms with E-state index in [9.17, 15) is 4.79 Å². The van der Waals surface area contributed by atoms with Crippen molar-refractivity contribution in [3.8, 4) is 0 Å². The number of nitrogens with zero attached hydrogens (tertiary/aromatic N) is 2. The lowest BCUT2D eigenvalue weighted by Gasteiger charge is -2.25. The lowest BCUT2D eigenvalue weighted by Crippen LogP contribution is -2.29. The first-order valence-corrected chi connectivity index (χ1v) is 8.38. The van der Waals surface area contributed by atoms with Crippen LogP contribution in [-0.2, 0) is 13.1 Å². The normalized spacial score (nSPS) is 15.9. The molecule has 0 bridgehead atoms. The molecule has 1 amide bonds. The molecule has 0 aliphatic carbocycles. The maximum Gasteiger partial charge on any atom is 0.260 e. The molecule has 1 aliphatic heterocycles. The highest BCUT2D eigenvalue weighted by Crippen LogP contribution is 2.20. The number of nitrogens with two attached hydrogens (primary N) is 1. The molecule has 7 heteroatoms. The topological polar surface area (TPSA) is 84.4 Å². The fourth-order valence-electron chi connectivity index (χ4n) is 2.56. The number of hydrogen-bond donors (Lipinski definition) is 2. The summed E-state index contributed by atoms with van der Waals surface area (Å²) in [5.74, 6) is 0.373. The lowest BCUT2D eigenvalue weighted by atomic mass is 10.1. The smallest absolute Gasteiger partial charge is 0.260 e. The Labute approximate surface area is 133 Å². The highest BCUT2D eigenvalue weighted by atomic mass is 32.1. The van der Waals surface area contributed by atoms with Gasteiger partial charge in [-0.3, -0.25) is 15.0 Å². The Hall–Kier alpha value is -1.70. The highest BCUT2D eigenvalue weighted by molar-refractivity contribution is 7.13. The van der Waals surface area contributed by atoms with Crippen LogP contribution in [0.25, 0.3) is 0 Å². The first kappa shape index (κ1) is 15.2. The number of likely N-dealkylation sites (tertiary alicyclic amines) is 1. The van der Waals surface area contributed by atoms with Gasteiger partial charge in [0.15, 0.2) is 5.13 Å². The summed E-state index contributed by atoms with van der Waals surface area (Å²) in [4.78, 5) is 19.0. The molecule has 2 aromatic rings. The second kappa shape index (κ2) is 7.04. The maximum atomic E-state index is 12.1. The van der Waals surface area contributed by atoms with Crippen LogP contribution in [0.1, 0.15) is 41.1 Å². The minimum absolute atomic E-state index is 0.220. The molecular formula is C15H20N4O2S. The number of nitrogens with one attached hydrogen (secondary N) is 1. The molecule has 6 nitrogen and oxygen atoms in total. The third-order valence-corrected chi connectivity index (χ3v) is 4.53. The van der Waals surface area contributed by atoms with Crippen LogP contribution in [0.4, 0.5) is 5.13 Å². The summed E-state index contributed by atoms with van der Waals surface area (Å²) in [7, 11) is 0. The Kier molecular flexibility index (Phi) is 4.87. The molecule has 0 radical (unpaired) electrons. The van der Waals surface area contributed by atoms with Crippen molar-refractivity contribution in [1.29, 1.82) is 0 Å². The van der Waals surface area contributed by atoms with Gasteiger partial charge in [-0.1, -0.05) is 6.42 Å². The predicted molar refractivity (Wildman–Crippen MR) is 85.8 cm³/mol. The average Bonchev–Trinajstić information content (AvgIpc) is 3.17. The van der Waals surface area contributed by atoms with E-state index in [0.717, 1.165) is 25.3 Å². The van der Waals surface area contributed by atoms with Crippen molar-refractivity contribution in [3.05, 3.63) is 34.7 Å². The minimum atomic E-state index is -0.220. The highest BCUT2D eigenvalue weighted by Gasteiger charge is 2.14. The second-order valence-corrected chi connectivity index (χ2v) is 6.30. The van der Waals surface area contributed by atoms with Crippen LogP contribution in [0, 0.1) is 0 Å². The van der Waals surface area contributed by atoms with Gasteiger partial charge in [-0.2, -0.15) is 0 Å². The second-order valence-electron chi connectivity index (χ2n) is 5.44. The summed E-state index contributed by atoms with van der Waals surface area (Å²) in [6.07, 6.45) is 5.26. The van der Waals surface area contributed by atoms with Crippen molar-refractivity contribution >= 4 is 22.4 Å². The largest absolute Gasteiger partial charge is 0.467 e. The van der Waals surface area contributed by atoms with E-state index in [2.05, 4.69) is 15.2 Å². The first-order chi connectivity index (χ1) is 10.7. The molecule has 0 saturated carbocycles. The van der Waals surface area contributed by atoms with Crippen LogP contribution >= 0.6 is 11.3 Å². The Morgan fingerprint density at radius 3 is 2.95 bits per heavy atom. The number of carbonyl (C=O) groups is 1. The average molecular weight is 320 g/mol. The summed E-state index contributed by atoms with van der Waals surface area (Å²) in [5.41, 5.74) is 6.94. The minimum Gasteiger partial charge on any atom is -0.467 e. The third kappa shape index (κ3) is 3.73. The van der Waals surface area contributed by atoms with Gasteiger partial charge in [-0.15, -0.1) is 11.3 Å². The monoisotopic (exact) mass is 320 g/mol. The summed E-state index contributed by atoms with van der Waals surface area (Å²) >= 11 is 1.45. The van der Waals surface area contributed by atoms with Crippen LogP contribution in [0.3, 0.4) is 0 Å². The molecule has 0 atom stereocenters. The van der Waals surface area contributed by atoms with Gasteiger partial charge in [0, 0.05) is 11.9 Å². The summed E-state index contributed by atoms with van der Waals surface area (Å²) in [5, 5.41) is 5.43. The van der Waals surface area contributed by atoms with E-state index in [-0.39, 0.29) is 12.5 Å². The van der Waals surface area contributed by atoms with Gasteiger partial charge >= 0.3 is 0 Å². The first-order valence-electron chi connectivity index (χ1n) is 7.50. The standard InChI is InChI=1S/C15H20N4O2S/c16-7-13-6-11(9-21-13)14(20)18-15-17-12(10-22-15)8-19-4-2-1-3-5-19/h6,9-10H,1-5,7-8,16H2,(H,17,18,20). The lowest BCUT2D eigenvalue weighted by molar-refractivity contribution is 0.102. The van der Waals surface area contributed by atoms with Crippen molar-refractivity contribution in [2.45, 2.75) is 32.4 Å². The van der Waals surface area contributed by atoms with Gasteiger partial charge in [-0.05, 0) is 32.0 Å². The molecule has 0 aromatic carbocycles. The van der Waals surface area contributed by atoms with Crippen LogP contribution in [0.15, 0.2) is 22.1 Å². The Morgan fingerprint density at radius 1 is 1.41 bits per heavy atom. The number of anilines is 1. The fourth-order valence-corrected chi connectivity index (χ4v) is 3.26. The molecule has 2 aromatic heterocycles. The summed E-state index contributed by atoms with van der Waals surface area (Å²) < 4.78 is 5.17. The Balaban J connectivity index is 1.57. The van der Waals surface area contributed by atoms with Crippen molar-refractivity contribution < 1.29 is 9.21 Å². The maximum absolute atomic E-state index is 12.1. The fraction of sp³-hybridized carbons (Fsp3) is 0.467. The molecule has 1 saturated heterocycles. The number of piperidine rings is 1. The molecule has 118 valence electrons. The van der Waals surface area contributed by atoms with Gasteiger partial charge in [0.1, 0.15) is 12.0 Å². The van der Waals surface area contributed by atoms with Crippen LogP contribution < -0.4 is 11.1 Å². The van der Waals surface area contributed by atoms with E-state index < -0.39 is 0 Å². The van der Waals surface area contributed by atoms with Gasteiger partial charge in [0.2, 0.25) is 0 Å². The molecule has 1 fully saturated rings. The summed E-state index contributed by atoms with van der Waals surface area (Å²) in [6.45, 7) is 3.41. The van der Waals surface area contributed by atoms with Crippen molar-refractivity contribution in [2.24, 2.45) is 5.73 Å². The van der Waals surface area contributed by atoms with Crippen molar-refractivity contribution in [2.75, 3.05) is 18.4 Å². The number of aromatic nitrogens is 1. The molecule has 0 spiro atoms. The van der Waals surface area contributed by atoms with E-state index in [1.165, 1.54) is 36.9 Å². The molecule has 0 unspecified atom stereocenters. The number of amides is 1. The number of rotatable bonds is 5. The summed E-state index contributed by atoms with van der Waals surface area (Å²) in [6, 6.07) is 1.65. The molecule has 1 aliphatic rings. The molecule has 3 rings (SSSR count). The van der Waals surface area contributed by atoms with Crippen LogP contribution in [0.5, 0.6) is 0 Å².